The molecule has 5 aromatic rings. The van der Waals surface area contributed by atoms with Gasteiger partial charge < -0.3 is 20.1 Å². The number of carbonyl (C=O) groups excluding carboxylic acids is 1. The number of aromatic nitrogens is 3. The van der Waals surface area contributed by atoms with E-state index in [-0.39, 0.29) is 12.5 Å². The van der Waals surface area contributed by atoms with Crippen molar-refractivity contribution < 1.29 is 14.3 Å². The van der Waals surface area contributed by atoms with Crippen molar-refractivity contribution >= 4 is 42.3 Å². The van der Waals surface area contributed by atoms with Crippen LogP contribution in [0.5, 0.6) is 11.5 Å². The van der Waals surface area contributed by atoms with Gasteiger partial charge in [-0.2, -0.15) is 9.61 Å². The molecule has 1 amide bonds. The number of carbonyl (C=O) groups is 1. The summed E-state index contributed by atoms with van der Waals surface area (Å²) < 4.78 is 13.2. The molecule has 0 bridgehead atoms. The molecular weight excluding hydrogens is 513 g/mol. The van der Waals surface area contributed by atoms with Gasteiger partial charge in [0.1, 0.15) is 20.3 Å². The molecule has 3 aromatic carbocycles. The summed E-state index contributed by atoms with van der Waals surface area (Å²) in [5.74, 6) is 1.84. The Morgan fingerprint density at radius 1 is 1.00 bits per heavy atom. The van der Waals surface area contributed by atoms with Gasteiger partial charge in [0, 0.05) is 35.9 Å². The zero-order chi connectivity index (χ0) is 26.8. The van der Waals surface area contributed by atoms with Crippen LogP contribution in [0.25, 0.3) is 16.9 Å². The minimum absolute atomic E-state index is 0.184. The second-order valence-electron chi connectivity index (χ2n) is 9.32. The van der Waals surface area contributed by atoms with E-state index in [2.05, 4.69) is 15.7 Å². The molecule has 0 saturated heterocycles. The first-order chi connectivity index (χ1) is 19.0. The number of ether oxygens (including phenoxy) is 2. The molecule has 0 fully saturated rings. The van der Waals surface area contributed by atoms with E-state index in [1.54, 1.807) is 16.8 Å². The Bertz CT molecular complexity index is 1660. The third-order valence-electron chi connectivity index (χ3n) is 6.56. The Morgan fingerprint density at radius 2 is 1.72 bits per heavy atom. The monoisotopic (exact) mass is 537 g/mol. The predicted octanol–water partition coefficient (Wildman–Crippen LogP) is 3.38. The third kappa shape index (κ3) is 5.26. The lowest BCUT2D eigenvalue weighted by Crippen LogP contribution is -2.43. The van der Waals surface area contributed by atoms with Gasteiger partial charge in [-0.15, -0.1) is 0 Å². The van der Waals surface area contributed by atoms with Gasteiger partial charge in [-0.05, 0) is 34.8 Å². The topological polar surface area (TPSA) is 89.8 Å². The third-order valence-corrected chi connectivity index (χ3v) is 6.89. The highest BCUT2D eigenvalue weighted by Gasteiger charge is 2.27. The Morgan fingerprint density at radius 3 is 2.51 bits per heavy atom. The maximum atomic E-state index is 12.6. The van der Waals surface area contributed by atoms with Crippen molar-refractivity contribution in [3.05, 3.63) is 101 Å². The van der Waals surface area contributed by atoms with Crippen molar-refractivity contribution in [2.45, 2.75) is 19.2 Å². The van der Waals surface area contributed by atoms with Crippen LogP contribution in [0, 0.1) is 0 Å². The highest BCUT2D eigenvalue weighted by atomic mass is 35.5. The number of anilines is 1. The van der Waals surface area contributed by atoms with Crippen molar-refractivity contribution in [3.63, 3.8) is 0 Å². The van der Waals surface area contributed by atoms with Crippen molar-refractivity contribution in [3.8, 4) is 22.8 Å². The minimum atomic E-state index is -0.679. The zero-order valence-corrected chi connectivity index (χ0v) is 22.0. The first kappa shape index (κ1) is 24.8. The molecule has 3 heterocycles. The highest BCUT2D eigenvalue weighted by molar-refractivity contribution is 6.36. The fraction of sp³-hybridized carbons (Fsp3) is 0.138. The number of amides is 1. The van der Waals surface area contributed by atoms with Crippen molar-refractivity contribution in [2.75, 3.05) is 11.9 Å². The number of nitrogens with zero attached hydrogens (tertiary/aromatic N) is 3. The number of hydrogen-bond donors (Lipinski definition) is 2. The van der Waals surface area contributed by atoms with E-state index in [4.69, 9.17) is 26.1 Å². The van der Waals surface area contributed by atoms with Crippen molar-refractivity contribution in [2.24, 2.45) is 0 Å². The Labute approximate surface area is 231 Å². The summed E-state index contributed by atoms with van der Waals surface area (Å²) >= 11 is 6.45. The van der Waals surface area contributed by atoms with E-state index in [1.165, 1.54) is 0 Å². The molecule has 1 aliphatic heterocycles. The quantitative estimate of drug-likeness (QED) is 0.310. The standard InChI is InChI=1S/C29H25BClN5O3/c30-21-16-34-36-27(13-23(35-28(21)36)20-5-1-2-6-22(20)31)32-14-18-9-11-19(12-10-18)15-33-29(37)26-17-38-24-7-3-4-8-25(24)39-26/h1-13,16,26,32H,14-15,17,30H2,(H,33,37). The number of benzene rings is 3. The van der Waals surface area contributed by atoms with Crippen LogP contribution in [-0.2, 0) is 17.9 Å². The molecule has 0 spiro atoms. The second kappa shape index (κ2) is 10.7. The molecular formula is C29H25BClN5O3. The average Bonchev–Trinajstić information content (AvgIpc) is 3.35. The molecule has 0 aliphatic carbocycles. The summed E-state index contributed by atoms with van der Waals surface area (Å²) in [5, 5.41) is 11.6. The summed E-state index contributed by atoms with van der Waals surface area (Å²) in [6, 6.07) is 25.0. The van der Waals surface area contributed by atoms with Crippen LogP contribution in [-0.4, -0.2) is 41.1 Å². The van der Waals surface area contributed by atoms with Gasteiger partial charge in [-0.25, -0.2) is 4.98 Å². The largest absolute Gasteiger partial charge is 0.485 e. The van der Waals surface area contributed by atoms with Crippen LogP contribution < -0.4 is 25.6 Å². The zero-order valence-electron chi connectivity index (χ0n) is 21.2. The fourth-order valence-electron chi connectivity index (χ4n) is 4.42. The fourth-order valence-corrected chi connectivity index (χ4v) is 4.66. The summed E-state index contributed by atoms with van der Waals surface area (Å²) in [7, 11) is 1.99. The summed E-state index contributed by atoms with van der Waals surface area (Å²) in [4.78, 5) is 17.4. The molecule has 10 heteroatoms. The molecule has 2 N–H and O–H groups in total. The van der Waals surface area contributed by atoms with Crippen LogP contribution in [0.3, 0.4) is 0 Å². The predicted molar refractivity (Wildman–Crippen MR) is 154 cm³/mol. The van der Waals surface area contributed by atoms with Crippen molar-refractivity contribution in [1.82, 2.24) is 19.9 Å². The number of rotatable bonds is 7. The lowest BCUT2D eigenvalue weighted by Gasteiger charge is -2.25. The molecule has 194 valence electrons. The van der Waals surface area contributed by atoms with Gasteiger partial charge in [0.2, 0.25) is 6.10 Å². The SMILES string of the molecule is Bc1cnn2c(NCc3ccc(CNC(=O)C4COc5ccccc5O4)cc3)cc(-c3ccccc3Cl)nc12. The second-order valence-corrected chi connectivity index (χ2v) is 9.73. The van der Waals surface area contributed by atoms with Gasteiger partial charge in [-0.1, -0.05) is 66.2 Å². The van der Waals surface area contributed by atoms with Crippen LogP contribution in [0.1, 0.15) is 11.1 Å². The van der Waals surface area contributed by atoms with E-state index in [0.717, 1.165) is 39.3 Å². The number of hydrogen-bond acceptors (Lipinski definition) is 6. The molecule has 1 atom stereocenters. The molecule has 1 aliphatic rings. The Kier molecular flexibility index (Phi) is 6.81. The molecule has 0 saturated carbocycles. The highest BCUT2D eigenvalue weighted by Crippen LogP contribution is 2.31. The number of para-hydroxylation sites is 2. The number of halogens is 1. The Hall–Kier alpha value is -4.50. The molecule has 0 radical (unpaired) electrons. The normalized spacial score (nSPS) is 14.2. The first-order valence-corrected chi connectivity index (χ1v) is 13.0. The van der Waals surface area contributed by atoms with Gasteiger partial charge in [0.05, 0.1) is 5.69 Å². The van der Waals surface area contributed by atoms with E-state index in [9.17, 15) is 4.79 Å². The van der Waals surface area contributed by atoms with Gasteiger partial charge >= 0.3 is 0 Å². The molecule has 8 nitrogen and oxygen atoms in total. The van der Waals surface area contributed by atoms with E-state index in [1.807, 2.05) is 80.6 Å². The van der Waals surface area contributed by atoms with Gasteiger partial charge in [-0.3, -0.25) is 4.79 Å². The molecule has 2 aromatic heterocycles. The van der Waals surface area contributed by atoms with E-state index < -0.39 is 6.10 Å². The maximum absolute atomic E-state index is 12.6. The Balaban J connectivity index is 1.10. The summed E-state index contributed by atoms with van der Waals surface area (Å²) in [6.45, 7) is 1.16. The molecule has 39 heavy (non-hydrogen) atoms. The van der Waals surface area contributed by atoms with E-state index in [0.29, 0.717) is 29.6 Å². The number of fused-ring (bicyclic) bond motifs is 2. The smallest absolute Gasteiger partial charge is 0.264 e. The van der Waals surface area contributed by atoms with E-state index >= 15 is 0 Å². The lowest BCUT2D eigenvalue weighted by molar-refractivity contribution is -0.130. The van der Waals surface area contributed by atoms with Crippen molar-refractivity contribution in [1.29, 1.82) is 0 Å². The van der Waals surface area contributed by atoms with Gasteiger partial charge in [0.25, 0.3) is 5.91 Å². The lowest BCUT2D eigenvalue weighted by atomic mass is 10.0. The molecule has 6 rings (SSSR count). The molecule has 1 unspecified atom stereocenters. The van der Waals surface area contributed by atoms with Crippen LogP contribution in [0.4, 0.5) is 5.82 Å². The van der Waals surface area contributed by atoms with Crippen LogP contribution in [0.15, 0.2) is 85.1 Å². The van der Waals surface area contributed by atoms with Crippen LogP contribution in [0.2, 0.25) is 5.02 Å². The minimum Gasteiger partial charge on any atom is -0.485 e. The summed E-state index contributed by atoms with van der Waals surface area (Å²) in [6.07, 6.45) is 1.12. The van der Waals surface area contributed by atoms with Gasteiger partial charge in [0.15, 0.2) is 17.1 Å². The maximum Gasteiger partial charge on any atom is 0.264 e. The first-order valence-electron chi connectivity index (χ1n) is 12.6. The number of nitrogens with one attached hydrogen (secondary N) is 2. The van der Waals surface area contributed by atoms with Crippen LogP contribution >= 0.6 is 11.6 Å². The average molecular weight is 538 g/mol. The summed E-state index contributed by atoms with van der Waals surface area (Å²) in [5.41, 5.74) is 5.47.